The largest absolute Gasteiger partial charge is 0.495 e. The Morgan fingerprint density at radius 1 is 0.792 bits per heavy atom. The van der Waals surface area contributed by atoms with Crippen LogP contribution in [0.5, 0.6) is 5.75 Å². The molecule has 0 heterocycles. The highest BCUT2D eigenvalue weighted by molar-refractivity contribution is 8.00. The van der Waals surface area contributed by atoms with Crippen molar-refractivity contribution in [2.75, 3.05) is 17.7 Å². The predicted molar refractivity (Wildman–Crippen MR) is 195 cm³/mol. The van der Waals surface area contributed by atoms with E-state index in [-0.39, 0.29) is 11.6 Å². The van der Waals surface area contributed by atoms with Crippen LogP contribution in [0.3, 0.4) is 0 Å². The van der Waals surface area contributed by atoms with E-state index in [1.165, 1.54) is 18.9 Å². The van der Waals surface area contributed by atoms with Crippen LogP contribution in [0.4, 0.5) is 11.4 Å². The Bertz CT molecular complexity index is 1930. The average molecular weight is 676 g/mol. The third kappa shape index (κ3) is 8.94. The molecule has 5 rings (SSSR count). The van der Waals surface area contributed by atoms with Gasteiger partial charge in [-0.05, 0) is 79.1 Å². The number of carbonyl (C=O) groups excluding carboxylic acids is 3. The summed E-state index contributed by atoms with van der Waals surface area (Å²) < 4.78 is 5.46. The summed E-state index contributed by atoms with van der Waals surface area (Å²) in [6, 6.07) is 36.5. The van der Waals surface area contributed by atoms with Gasteiger partial charge in [0.25, 0.3) is 11.8 Å². The molecule has 0 saturated carbocycles. The van der Waals surface area contributed by atoms with Crippen LogP contribution in [-0.4, -0.2) is 24.8 Å². The molecule has 1 unspecified atom stereocenters. The molecule has 5 aromatic carbocycles. The minimum Gasteiger partial charge on any atom is -0.495 e. The zero-order valence-electron chi connectivity index (χ0n) is 26.6. The van der Waals surface area contributed by atoms with Crippen molar-refractivity contribution in [2.45, 2.75) is 24.0 Å². The highest BCUT2D eigenvalue weighted by Crippen LogP contribution is 2.38. The molecule has 0 aliphatic carbocycles. The van der Waals surface area contributed by atoms with Gasteiger partial charge in [0.2, 0.25) is 5.91 Å². The molecule has 3 N–H and O–H groups in total. The van der Waals surface area contributed by atoms with Crippen LogP contribution in [0.2, 0.25) is 5.02 Å². The number of hydrogen-bond donors (Lipinski definition) is 3. The van der Waals surface area contributed by atoms with E-state index in [1.54, 1.807) is 54.6 Å². The van der Waals surface area contributed by atoms with E-state index in [2.05, 4.69) is 16.0 Å². The maximum Gasteiger partial charge on any atom is 0.272 e. The molecule has 0 spiro atoms. The van der Waals surface area contributed by atoms with Gasteiger partial charge < -0.3 is 20.7 Å². The normalized spacial score (nSPS) is 11.7. The maximum atomic E-state index is 13.7. The van der Waals surface area contributed by atoms with Crippen molar-refractivity contribution in [3.63, 3.8) is 0 Å². The fourth-order valence-electron chi connectivity index (χ4n) is 4.75. The Morgan fingerprint density at radius 3 is 2.08 bits per heavy atom. The number of thioether (sulfide) groups is 1. The van der Waals surface area contributed by atoms with Crippen LogP contribution in [-0.2, 0) is 9.59 Å². The van der Waals surface area contributed by atoms with Gasteiger partial charge in [0.1, 0.15) is 16.7 Å². The Morgan fingerprint density at radius 2 is 1.44 bits per heavy atom. The van der Waals surface area contributed by atoms with Gasteiger partial charge in [-0.2, -0.15) is 0 Å². The lowest BCUT2D eigenvalue weighted by molar-refractivity contribution is -0.116. The quantitative estimate of drug-likeness (QED) is 0.0960. The molecule has 0 aliphatic heterocycles. The first kappa shape index (κ1) is 34.0. The molecular weight excluding hydrogens is 642 g/mol. The highest BCUT2D eigenvalue weighted by atomic mass is 35.5. The summed E-state index contributed by atoms with van der Waals surface area (Å²) in [6.07, 6.45) is 1.64. The molecule has 9 heteroatoms. The van der Waals surface area contributed by atoms with Crippen molar-refractivity contribution in [1.29, 1.82) is 0 Å². The molecule has 0 aromatic heterocycles. The molecule has 242 valence electrons. The maximum absolute atomic E-state index is 13.7. The predicted octanol–water partition coefficient (Wildman–Crippen LogP) is 8.85. The number of anilines is 2. The smallest absolute Gasteiger partial charge is 0.272 e. The first-order valence-corrected chi connectivity index (χ1v) is 16.4. The molecule has 0 saturated heterocycles. The number of hydrogen-bond acceptors (Lipinski definition) is 5. The number of benzene rings is 5. The Labute approximate surface area is 289 Å². The third-order valence-electron chi connectivity index (χ3n) is 7.36. The van der Waals surface area contributed by atoms with Gasteiger partial charge in [-0.25, -0.2) is 0 Å². The molecule has 0 bridgehead atoms. The second kappa shape index (κ2) is 16.0. The minimum absolute atomic E-state index is 0.0971. The summed E-state index contributed by atoms with van der Waals surface area (Å²) in [5, 5.41) is 8.61. The SMILES string of the molecule is COc1cc(Cl)c(C)cc1NC(=O)C(Sc1ccc(NC(=O)/C(=C/c2ccc(C)cc2)NC(=O)c2ccccc2)cc1)c1ccccc1. The van der Waals surface area contributed by atoms with E-state index < -0.39 is 17.1 Å². The first-order valence-electron chi connectivity index (χ1n) is 15.1. The molecule has 0 fully saturated rings. The van der Waals surface area contributed by atoms with E-state index in [1.807, 2.05) is 86.6 Å². The van der Waals surface area contributed by atoms with Gasteiger partial charge in [0.15, 0.2) is 0 Å². The molecule has 1 atom stereocenters. The monoisotopic (exact) mass is 675 g/mol. The minimum atomic E-state index is -0.593. The van der Waals surface area contributed by atoms with Crippen LogP contribution in [0, 0.1) is 13.8 Å². The molecule has 3 amide bonds. The third-order valence-corrected chi connectivity index (χ3v) is 9.04. The number of methoxy groups -OCH3 is 1. The van der Waals surface area contributed by atoms with Crippen molar-refractivity contribution in [3.8, 4) is 5.75 Å². The summed E-state index contributed by atoms with van der Waals surface area (Å²) in [5.74, 6) is -0.642. The average Bonchev–Trinajstić information content (AvgIpc) is 3.10. The second-order valence-corrected chi connectivity index (χ2v) is 12.6. The van der Waals surface area contributed by atoms with Crippen LogP contribution in [0.15, 0.2) is 132 Å². The lowest BCUT2D eigenvalue weighted by atomic mass is 10.1. The molecular formula is C39H34ClN3O4S. The van der Waals surface area contributed by atoms with Crippen molar-refractivity contribution in [2.24, 2.45) is 0 Å². The zero-order valence-corrected chi connectivity index (χ0v) is 28.2. The zero-order chi connectivity index (χ0) is 34.0. The number of nitrogens with one attached hydrogen (secondary N) is 3. The van der Waals surface area contributed by atoms with E-state index in [9.17, 15) is 14.4 Å². The lowest BCUT2D eigenvalue weighted by Gasteiger charge is -2.19. The highest BCUT2D eigenvalue weighted by Gasteiger charge is 2.24. The van der Waals surface area contributed by atoms with Crippen LogP contribution >= 0.6 is 23.4 Å². The standard InChI is InChI=1S/C39H34ClN3O4S/c1-25-14-16-27(17-15-25)23-34(43-37(44)29-12-8-5-9-13-29)38(45)41-30-18-20-31(21-19-30)48-36(28-10-6-4-7-11-28)39(46)42-33-22-26(2)32(40)24-35(33)47-3/h4-24,36H,1-3H3,(H,41,45)(H,42,46)(H,43,44)/b34-23-. The van der Waals surface area contributed by atoms with Crippen molar-refractivity contribution in [1.82, 2.24) is 5.32 Å². The van der Waals surface area contributed by atoms with Gasteiger partial charge in [-0.3, -0.25) is 14.4 Å². The molecule has 48 heavy (non-hydrogen) atoms. The molecule has 0 radical (unpaired) electrons. The molecule has 5 aromatic rings. The van der Waals surface area contributed by atoms with E-state index in [0.717, 1.165) is 27.1 Å². The Kier molecular flexibility index (Phi) is 11.3. The van der Waals surface area contributed by atoms with Gasteiger partial charge in [0.05, 0.1) is 12.8 Å². The molecule has 7 nitrogen and oxygen atoms in total. The van der Waals surface area contributed by atoms with Crippen LogP contribution in [0.1, 0.15) is 37.9 Å². The Balaban J connectivity index is 1.34. The number of rotatable bonds is 11. The van der Waals surface area contributed by atoms with Crippen LogP contribution in [0.25, 0.3) is 6.08 Å². The number of carbonyl (C=O) groups is 3. The summed E-state index contributed by atoms with van der Waals surface area (Å²) in [4.78, 5) is 41.0. The van der Waals surface area contributed by atoms with Gasteiger partial charge in [-0.15, -0.1) is 11.8 Å². The second-order valence-electron chi connectivity index (χ2n) is 11.0. The van der Waals surface area contributed by atoms with Crippen LogP contribution < -0.4 is 20.7 Å². The number of amides is 3. The molecule has 0 aliphatic rings. The topological polar surface area (TPSA) is 96.5 Å². The van der Waals surface area contributed by atoms with Crippen molar-refractivity contribution >= 4 is 58.5 Å². The van der Waals surface area contributed by atoms with Crippen molar-refractivity contribution < 1.29 is 19.1 Å². The fraction of sp³-hybridized carbons (Fsp3) is 0.103. The summed E-state index contributed by atoms with van der Waals surface area (Å²) in [6.45, 7) is 3.84. The van der Waals surface area contributed by atoms with Crippen molar-refractivity contribution in [3.05, 3.63) is 160 Å². The number of aryl methyl sites for hydroxylation is 2. The van der Waals surface area contributed by atoms with Gasteiger partial charge in [-0.1, -0.05) is 90.0 Å². The summed E-state index contributed by atoms with van der Waals surface area (Å²) >= 11 is 7.65. The Hall–Kier alpha value is -5.31. The fourth-order valence-corrected chi connectivity index (χ4v) is 5.93. The lowest BCUT2D eigenvalue weighted by Crippen LogP contribution is -2.30. The van der Waals surface area contributed by atoms with E-state index in [4.69, 9.17) is 16.3 Å². The van der Waals surface area contributed by atoms with E-state index in [0.29, 0.717) is 27.7 Å². The first-order chi connectivity index (χ1) is 23.2. The number of halogens is 1. The van der Waals surface area contributed by atoms with Gasteiger partial charge >= 0.3 is 0 Å². The number of ether oxygens (including phenoxy) is 1. The van der Waals surface area contributed by atoms with E-state index >= 15 is 0 Å². The summed E-state index contributed by atoms with van der Waals surface area (Å²) in [7, 11) is 1.53. The summed E-state index contributed by atoms with van der Waals surface area (Å²) in [5.41, 5.74) is 5.06. The van der Waals surface area contributed by atoms with Gasteiger partial charge in [0, 0.05) is 27.2 Å².